The Morgan fingerprint density at radius 3 is 1.50 bits per heavy atom. The zero-order valence-electron chi connectivity index (χ0n) is 38.6. The van der Waals surface area contributed by atoms with Gasteiger partial charge in [0, 0.05) is 40.1 Å². The minimum atomic E-state index is -0.0745. The van der Waals surface area contributed by atoms with Crippen LogP contribution in [0.4, 0.5) is 34.1 Å². The first-order chi connectivity index (χ1) is 32.0. The Balaban J connectivity index is 1.15. The minimum absolute atomic E-state index is 0.0473. The molecule has 9 aromatic rings. The van der Waals surface area contributed by atoms with Crippen LogP contribution in [0.5, 0.6) is 11.5 Å². The maximum absolute atomic E-state index is 7.15. The second kappa shape index (κ2) is 16.2. The number of fused-ring (bicyclic) bond motifs is 4. The quantitative estimate of drug-likeness (QED) is 0.149. The molecule has 11 rings (SSSR count). The summed E-state index contributed by atoms with van der Waals surface area (Å²) in [5.41, 5.74) is 19.9. The van der Waals surface area contributed by atoms with Crippen LogP contribution < -0.4 is 30.9 Å². The van der Waals surface area contributed by atoms with Crippen LogP contribution in [-0.2, 0) is 10.8 Å². The first-order valence-electron chi connectivity index (χ1n) is 23.2. The Kier molecular flexibility index (Phi) is 10.1. The molecule has 0 aliphatic carbocycles. The van der Waals surface area contributed by atoms with Gasteiger partial charge < -0.3 is 14.5 Å². The summed E-state index contributed by atoms with van der Waals surface area (Å²) in [5, 5.41) is 0. The van der Waals surface area contributed by atoms with E-state index < -0.39 is 0 Å². The zero-order valence-corrected chi connectivity index (χ0v) is 38.6. The van der Waals surface area contributed by atoms with Crippen LogP contribution in [0.25, 0.3) is 33.4 Å². The Hall–Kier alpha value is -7.56. The third-order valence-electron chi connectivity index (χ3n) is 13.4. The van der Waals surface area contributed by atoms with Gasteiger partial charge in [0.25, 0.3) is 6.71 Å². The molecule has 66 heavy (non-hydrogen) atoms. The topological polar surface area (TPSA) is 15.7 Å². The summed E-state index contributed by atoms with van der Waals surface area (Å²) in [6.45, 7) is 13.9. The minimum Gasteiger partial charge on any atom is -0.458 e. The lowest BCUT2D eigenvalue weighted by Crippen LogP contribution is -2.59. The van der Waals surface area contributed by atoms with E-state index in [-0.39, 0.29) is 17.5 Å². The second-order valence-corrected chi connectivity index (χ2v) is 19.8. The average molecular weight is 853 g/mol. The molecule has 9 aromatic carbocycles. The molecule has 320 valence electrons. The number of hydrogen-bond acceptors (Lipinski definition) is 3. The average Bonchev–Trinajstić information content (AvgIpc) is 3.34. The molecule has 0 saturated heterocycles. The Morgan fingerprint density at radius 2 is 0.924 bits per heavy atom. The lowest BCUT2D eigenvalue weighted by molar-refractivity contribution is 0.487. The van der Waals surface area contributed by atoms with Crippen LogP contribution >= 0.6 is 0 Å². The Morgan fingerprint density at radius 1 is 0.379 bits per heavy atom. The van der Waals surface area contributed by atoms with E-state index in [1.807, 2.05) is 0 Å². The number of hydrogen-bond donors (Lipinski definition) is 0. The first-order valence-corrected chi connectivity index (χ1v) is 23.2. The Bertz CT molecular complexity index is 3170. The van der Waals surface area contributed by atoms with Gasteiger partial charge in [0.1, 0.15) is 11.5 Å². The molecule has 2 heterocycles. The van der Waals surface area contributed by atoms with Gasteiger partial charge >= 0.3 is 0 Å². The van der Waals surface area contributed by atoms with Crippen molar-refractivity contribution in [2.75, 3.05) is 9.80 Å². The highest BCUT2D eigenvalue weighted by atomic mass is 16.5. The van der Waals surface area contributed by atoms with Crippen molar-refractivity contribution in [3.05, 3.63) is 223 Å². The molecular formula is C62H53BN2O. The molecule has 0 bridgehead atoms. The lowest BCUT2D eigenvalue weighted by atomic mass is 9.34. The van der Waals surface area contributed by atoms with E-state index in [9.17, 15) is 0 Å². The molecule has 0 unspecified atom stereocenters. The summed E-state index contributed by atoms with van der Waals surface area (Å²) < 4.78 is 7.15. The van der Waals surface area contributed by atoms with E-state index in [1.54, 1.807) is 0 Å². The number of benzene rings is 9. The highest BCUT2D eigenvalue weighted by molar-refractivity contribution is 6.99. The maximum atomic E-state index is 7.15. The predicted octanol–water partition coefficient (Wildman–Crippen LogP) is 15.2. The molecule has 0 atom stereocenters. The molecule has 4 heteroatoms. The summed E-state index contributed by atoms with van der Waals surface area (Å²) in [5.74, 6) is 1.74. The van der Waals surface area contributed by atoms with Crippen molar-refractivity contribution in [1.82, 2.24) is 0 Å². The van der Waals surface area contributed by atoms with E-state index in [2.05, 4.69) is 264 Å². The van der Waals surface area contributed by atoms with Crippen LogP contribution in [-0.4, -0.2) is 6.71 Å². The molecule has 3 nitrogen and oxygen atoms in total. The van der Waals surface area contributed by atoms with Crippen LogP contribution in [0.15, 0.2) is 212 Å². The van der Waals surface area contributed by atoms with Gasteiger partial charge in [-0.1, -0.05) is 187 Å². The molecule has 0 amide bonds. The molecule has 2 aliphatic rings. The largest absolute Gasteiger partial charge is 0.458 e. The zero-order chi connectivity index (χ0) is 45.2. The molecule has 0 saturated carbocycles. The first kappa shape index (κ1) is 41.2. The summed E-state index contributed by atoms with van der Waals surface area (Å²) in [4.78, 5) is 4.82. The molecule has 0 fully saturated rings. The summed E-state index contributed by atoms with van der Waals surface area (Å²) in [6.07, 6.45) is 0. The smallest absolute Gasteiger partial charge is 0.256 e. The van der Waals surface area contributed by atoms with Crippen molar-refractivity contribution < 1.29 is 4.74 Å². The van der Waals surface area contributed by atoms with E-state index in [0.29, 0.717) is 0 Å². The highest BCUT2D eigenvalue weighted by Gasteiger charge is 2.42. The summed E-state index contributed by atoms with van der Waals surface area (Å²) in [7, 11) is 0. The van der Waals surface area contributed by atoms with Gasteiger partial charge in [-0.2, -0.15) is 0 Å². The molecule has 0 N–H and O–H groups in total. The maximum Gasteiger partial charge on any atom is 0.256 e. The molecular weight excluding hydrogens is 800 g/mol. The third-order valence-corrected chi connectivity index (χ3v) is 13.4. The standard InChI is InChI=1S/C62H53BN2O/c1-61(2,3)47-36-46(37-48(40-47)62(4,5)6)52-38-44(42-20-11-7-12-21-42)30-34-55(52)65-56-35-31-45(43-22-13-8-14-23-43)39-54(56)63-53-33-32-51(41-59(53)66-58-29-19-28-57(65)60(58)63)64(49-24-15-9-16-25-49)50-26-17-10-18-27-50/h7-41H,1-6H3. The number of para-hydroxylation sites is 2. The van der Waals surface area contributed by atoms with Crippen LogP contribution in [0.3, 0.4) is 0 Å². The lowest BCUT2D eigenvalue weighted by Gasteiger charge is -2.41. The fourth-order valence-electron chi connectivity index (χ4n) is 9.90. The number of anilines is 6. The molecule has 0 spiro atoms. The highest BCUT2D eigenvalue weighted by Crippen LogP contribution is 2.48. The van der Waals surface area contributed by atoms with E-state index in [0.717, 1.165) is 51.1 Å². The Labute approximate surface area is 390 Å². The van der Waals surface area contributed by atoms with Crippen molar-refractivity contribution >= 4 is 57.2 Å². The van der Waals surface area contributed by atoms with Crippen molar-refractivity contribution in [3.63, 3.8) is 0 Å². The van der Waals surface area contributed by atoms with Gasteiger partial charge in [-0.25, -0.2) is 0 Å². The van der Waals surface area contributed by atoms with Crippen molar-refractivity contribution in [1.29, 1.82) is 0 Å². The van der Waals surface area contributed by atoms with Crippen LogP contribution in [0.2, 0.25) is 0 Å². The van der Waals surface area contributed by atoms with Gasteiger partial charge in [0.05, 0.1) is 5.69 Å². The van der Waals surface area contributed by atoms with Gasteiger partial charge in [-0.3, -0.25) is 0 Å². The molecule has 0 aromatic heterocycles. The predicted molar refractivity (Wildman–Crippen MR) is 281 cm³/mol. The molecule has 0 radical (unpaired) electrons. The summed E-state index contributed by atoms with van der Waals surface area (Å²) >= 11 is 0. The van der Waals surface area contributed by atoms with Crippen LogP contribution in [0.1, 0.15) is 52.7 Å². The van der Waals surface area contributed by atoms with Gasteiger partial charge in [0.2, 0.25) is 0 Å². The van der Waals surface area contributed by atoms with E-state index in [4.69, 9.17) is 4.74 Å². The normalized spacial score (nSPS) is 12.8. The van der Waals surface area contributed by atoms with Gasteiger partial charge in [0.15, 0.2) is 0 Å². The van der Waals surface area contributed by atoms with E-state index in [1.165, 1.54) is 55.4 Å². The SMILES string of the molecule is CC(C)(C)c1cc(-c2cc(-c3ccccc3)ccc2N2c3ccc(-c4ccccc4)cc3B3c4ccc(N(c5ccccc5)c5ccccc5)cc4Oc4cccc2c43)cc(C(C)(C)C)c1. The second-order valence-electron chi connectivity index (χ2n) is 19.8. The van der Waals surface area contributed by atoms with Crippen molar-refractivity contribution in [2.45, 2.75) is 52.4 Å². The van der Waals surface area contributed by atoms with Crippen LogP contribution in [0, 0.1) is 0 Å². The van der Waals surface area contributed by atoms with Crippen molar-refractivity contribution in [2.24, 2.45) is 0 Å². The van der Waals surface area contributed by atoms with Gasteiger partial charge in [-0.05, 0) is 127 Å². The van der Waals surface area contributed by atoms with Crippen molar-refractivity contribution in [3.8, 4) is 44.9 Å². The monoisotopic (exact) mass is 852 g/mol. The molecule has 2 aliphatic heterocycles. The third kappa shape index (κ3) is 7.37. The summed E-state index contributed by atoms with van der Waals surface area (Å²) in [6, 6.07) is 77.5. The fourth-order valence-corrected chi connectivity index (χ4v) is 9.90. The fraction of sp³-hybridized carbons (Fsp3) is 0.129. The number of rotatable bonds is 7. The van der Waals surface area contributed by atoms with Gasteiger partial charge in [-0.15, -0.1) is 0 Å². The van der Waals surface area contributed by atoms with E-state index >= 15 is 0 Å². The number of ether oxygens (including phenoxy) is 1. The number of nitrogens with zero attached hydrogens (tertiary/aromatic N) is 2.